The summed E-state index contributed by atoms with van der Waals surface area (Å²) in [5.74, 6) is -2.85. The van der Waals surface area contributed by atoms with Crippen LogP contribution in [0.3, 0.4) is 0 Å². The van der Waals surface area contributed by atoms with E-state index in [2.05, 4.69) is 9.97 Å². The summed E-state index contributed by atoms with van der Waals surface area (Å²) in [6.07, 6.45) is -1.25. The van der Waals surface area contributed by atoms with Crippen molar-refractivity contribution in [3.8, 4) is 0 Å². The maximum absolute atomic E-state index is 11.7. The molecule has 4 N–H and O–H groups in total. The van der Waals surface area contributed by atoms with Crippen LogP contribution >= 0.6 is 0 Å². The Morgan fingerprint density at radius 1 is 1.70 bits per heavy atom. The van der Waals surface area contributed by atoms with Crippen molar-refractivity contribution in [3.63, 3.8) is 0 Å². The number of carbonyl (C=O) groups is 1. The standard InChI is InChI=1S/C10H14N4O6/c11-9-12-3-14(10(19)13-9)6(8(17)18)4-2-20-5(1-15)7(4)16/h3-7,15-16H,1-2H2,(H,17,18)(H2,11,13,19)/p-1/t4-,5+,6+,7+/m0/s1. The minimum Gasteiger partial charge on any atom is -0.548 e. The predicted octanol–water partition coefficient (Wildman–Crippen LogP) is -4.12. The van der Waals surface area contributed by atoms with E-state index in [9.17, 15) is 19.8 Å². The number of nitrogens with zero attached hydrogens (tertiary/aromatic N) is 3. The maximum atomic E-state index is 11.7. The van der Waals surface area contributed by atoms with E-state index in [-0.39, 0.29) is 12.6 Å². The molecule has 0 aliphatic carbocycles. The van der Waals surface area contributed by atoms with E-state index < -0.39 is 42.4 Å². The van der Waals surface area contributed by atoms with E-state index in [1.54, 1.807) is 0 Å². The first kappa shape index (κ1) is 14.4. The van der Waals surface area contributed by atoms with E-state index in [0.717, 1.165) is 6.33 Å². The fraction of sp³-hybridized carbons (Fsp3) is 0.600. The van der Waals surface area contributed by atoms with Crippen LogP contribution in [0, 0.1) is 5.92 Å². The molecule has 2 heterocycles. The second kappa shape index (κ2) is 5.53. The van der Waals surface area contributed by atoms with Gasteiger partial charge in [-0.25, -0.2) is 9.78 Å². The molecule has 10 nitrogen and oxygen atoms in total. The van der Waals surface area contributed by atoms with Gasteiger partial charge in [-0.3, -0.25) is 4.57 Å². The Balaban J connectivity index is 2.38. The average molecular weight is 285 g/mol. The maximum Gasteiger partial charge on any atom is 0.352 e. The minimum atomic E-state index is -1.59. The van der Waals surface area contributed by atoms with Crippen LogP contribution in [0.2, 0.25) is 0 Å². The summed E-state index contributed by atoms with van der Waals surface area (Å²) < 4.78 is 5.78. The molecule has 0 saturated carbocycles. The summed E-state index contributed by atoms with van der Waals surface area (Å²) in [5, 5.41) is 30.2. The number of carboxylic acid groups (broad SMARTS) is 1. The van der Waals surface area contributed by atoms with E-state index in [0.29, 0.717) is 4.57 Å². The van der Waals surface area contributed by atoms with Gasteiger partial charge in [0.05, 0.1) is 31.3 Å². The van der Waals surface area contributed by atoms with Gasteiger partial charge < -0.3 is 30.6 Å². The Kier molecular flexibility index (Phi) is 3.97. The van der Waals surface area contributed by atoms with Crippen molar-refractivity contribution in [2.75, 3.05) is 18.9 Å². The SMILES string of the molecule is Nc1ncn([C@@H](C(=O)[O-])[C@@H]2CO[C@H](CO)[C@@H]2O)c(=O)n1. The molecule has 2 rings (SSSR count). The number of rotatable bonds is 4. The highest BCUT2D eigenvalue weighted by Crippen LogP contribution is 2.29. The van der Waals surface area contributed by atoms with Crippen molar-refractivity contribution in [3.05, 3.63) is 16.8 Å². The van der Waals surface area contributed by atoms with Crippen molar-refractivity contribution in [2.24, 2.45) is 5.92 Å². The van der Waals surface area contributed by atoms with Gasteiger partial charge in [0.2, 0.25) is 5.95 Å². The number of anilines is 1. The number of aliphatic carboxylic acids is 1. The Morgan fingerprint density at radius 3 is 2.90 bits per heavy atom. The molecule has 20 heavy (non-hydrogen) atoms. The number of aliphatic hydroxyl groups excluding tert-OH is 2. The number of carboxylic acids is 1. The molecule has 0 bridgehead atoms. The molecule has 1 aromatic rings. The fourth-order valence-corrected chi connectivity index (χ4v) is 2.19. The minimum absolute atomic E-state index is 0.151. The van der Waals surface area contributed by atoms with Crippen LogP contribution in [0.4, 0.5) is 5.95 Å². The second-order valence-electron chi connectivity index (χ2n) is 4.38. The Morgan fingerprint density at radius 2 is 2.40 bits per heavy atom. The molecule has 110 valence electrons. The normalized spacial score (nSPS) is 27.4. The first-order valence-corrected chi connectivity index (χ1v) is 5.77. The number of ether oxygens (including phenoxy) is 1. The topological polar surface area (TPSA) is 164 Å². The van der Waals surface area contributed by atoms with Crippen molar-refractivity contribution < 1.29 is 24.9 Å². The van der Waals surface area contributed by atoms with Gasteiger partial charge in [-0.1, -0.05) is 0 Å². The van der Waals surface area contributed by atoms with Crippen LogP contribution in [0.1, 0.15) is 6.04 Å². The molecule has 0 radical (unpaired) electrons. The zero-order valence-electron chi connectivity index (χ0n) is 10.2. The van der Waals surface area contributed by atoms with Crippen LogP contribution in [-0.4, -0.2) is 56.1 Å². The Hall–Kier alpha value is -2.04. The molecule has 1 aliphatic rings. The highest BCUT2D eigenvalue weighted by Gasteiger charge is 2.42. The molecule has 4 atom stereocenters. The monoisotopic (exact) mass is 285 g/mol. The average Bonchev–Trinajstić information content (AvgIpc) is 2.73. The van der Waals surface area contributed by atoms with Crippen molar-refractivity contribution in [2.45, 2.75) is 18.2 Å². The molecule has 0 unspecified atom stereocenters. The summed E-state index contributed by atoms with van der Waals surface area (Å²) in [6, 6.07) is -1.52. The molecule has 1 saturated heterocycles. The summed E-state index contributed by atoms with van der Waals surface area (Å²) in [6.45, 7) is -0.619. The van der Waals surface area contributed by atoms with E-state index >= 15 is 0 Å². The van der Waals surface area contributed by atoms with E-state index in [1.807, 2.05) is 0 Å². The first-order valence-electron chi connectivity index (χ1n) is 5.77. The molecule has 0 aromatic carbocycles. The number of aliphatic hydroxyl groups is 2. The van der Waals surface area contributed by atoms with Gasteiger partial charge in [0.25, 0.3) is 0 Å². The zero-order chi connectivity index (χ0) is 14.9. The number of nitrogens with two attached hydrogens (primary N) is 1. The van der Waals surface area contributed by atoms with Crippen molar-refractivity contribution in [1.29, 1.82) is 0 Å². The summed E-state index contributed by atoms with van der Waals surface area (Å²) in [7, 11) is 0. The molecule has 10 heteroatoms. The van der Waals surface area contributed by atoms with Gasteiger partial charge in [0, 0.05) is 5.92 Å². The van der Waals surface area contributed by atoms with Gasteiger partial charge in [-0.15, -0.1) is 0 Å². The van der Waals surface area contributed by atoms with Gasteiger partial charge >= 0.3 is 5.69 Å². The lowest BCUT2D eigenvalue weighted by atomic mass is 9.93. The summed E-state index contributed by atoms with van der Waals surface area (Å²) in [5.41, 5.74) is 4.30. The number of aromatic nitrogens is 3. The molecular formula is C10H13N4O6-. The third-order valence-electron chi connectivity index (χ3n) is 3.19. The van der Waals surface area contributed by atoms with Crippen molar-refractivity contribution in [1.82, 2.24) is 14.5 Å². The summed E-state index contributed by atoms with van der Waals surface area (Å²) >= 11 is 0. The van der Waals surface area contributed by atoms with Gasteiger partial charge in [0.15, 0.2) is 0 Å². The van der Waals surface area contributed by atoms with E-state index in [1.165, 1.54) is 0 Å². The molecular weight excluding hydrogens is 272 g/mol. The molecule has 0 amide bonds. The second-order valence-corrected chi connectivity index (χ2v) is 4.38. The molecule has 0 spiro atoms. The Bertz CT molecular complexity index is 561. The van der Waals surface area contributed by atoms with Crippen LogP contribution < -0.4 is 16.5 Å². The molecule has 1 fully saturated rings. The third kappa shape index (κ3) is 2.48. The molecule has 1 aliphatic heterocycles. The van der Waals surface area contributed by atoms with Crippen LogP contribution in [0.5, 0.6) is 0 Å². The number of hydrogen-bond acceptors (Lipinski definition) is 9. The lowest BCUT2D eigenvalue weighted by Gasteiger charge is -2.27. The quantitative estimate of drug-likeness (QED) is 0.498. The van der Waals surface area contributed by atoms with E-state index in [4.69, 9.17) is 15.6 Å². The van der Waals surface area contributed by atoms with Gasteiger partial charge in [0.1, 0.15) is 12.4 Å². The van der Waals surface area contributed by atoms with Crippen LogP contribution in [0.25, 0.3) is 0 Å². The number of hydrogen-bond donors (Lipinski definition) is 3. The van der Waals surface area contributed by atoms with Gasteiger partial charge in [-0.2, -0.15) is 4.98 Å². The molecule has 1 aromatic heterocycles. The van der Waals surface area contributed by atoms with Crippen molar-refractivity contribution >= 4 is 11.9 Å². The van der Waals surface area contributed by atoms with Crippen LogP contribution in [-0.2, 0) is 9.53 Å². The predicted molar refractivity (Wildman–Crippen MR) is 61.1 cm³/mol. The highest BCUT2D eigenvalue weighted by atomic mass is 16.5. The zero-order valence-corrected chi connectivity index (χ0v) is 10.2. The number of carbonyl (C=O) groups excluding carboxylic acids is 1. The lowest BCUT2D eigenvalue weighted by molar-refractivity contribution is -0.312. The summed E-state index contributed by atoms with van der Waals surface area (Å²) in [4.78, 5) is 29.8. The smallest absolute Gasteiger partial charge is 0.352 e. The fourth-order valence-electron chi connectivity index (χ4n) is 2.19. The number of nitrogen functional groups attached to an aromatic ring is 1. The first-order chi connectivity index (χ1) is 9.45. The lowest BCUT2D eigenvalue weighted by Crippen LogP contribution is -2.46. The van der Waals surface area contributed by atoms with Crippen LogP contribution in [0.15, 0.2) is 11.1 Å². The largest absolute Gasteiger partial charge is 0.548 e. The third-order valence-corrected chi connectivity index (χ3v) is 3.19. The Labute approximate surface area is 112 Å². The highest BCUT2D eigenvalue weighted by molar-refractivity contribution is 5.70. The van der Waals surface area contributed by atoms with Gasteiger partial charge in [-0.05, 0) is 0 Å².